The summed E-state index contributed by atoms with van der Waals surface area (Å²) in [7, 11) is 0. The quantitative estimate of drug-likeness (QED) is 0.362. The number of hydrazone groups is 1. The molecule has 5 heteroatoms. The molecule has 0 N–H and O–H groups in total. The molecule has 0 radical (unpaired) electrons. The summed E-state index contributed by atoms with van der Waals surface area (Å²) < 4.78 is 0. The summed E-state index contributed by atoms with van der Waals surface area (Å²) >= 11 is 6.39. The molecule has 0 saturated carbocycles. The largest absolute Gasteiger partial charge is 0.273 e. The van der Waals surface area contributed by atoms with Crippen LogP contribution in [0.5, 0.6) is 0 Å². The van der Waals surface area contributed by atoms with Crippen LogP contribution in [-0.4, -0.2) is 21.6 Å². The molecule has 4 aromatic rings. The maximum Gasteiger partial charge on any atom is 0.240 e. The Bertz CT molecular complexity index is 1350. The van der Waals surface area contributed by atoms with E-state index in [4.69, 9.17) is 21.7 Å². The number of rotatable bonds is 3. The van der Waals surface area contributed by atoms with Crippen LogP contribution in [-0.2, 0) is 4.79 Å². The van der Waals surface area contributed by atoms with Crippen LogP contribution in [0.1, 0.15) is 36.2 Å². The Morgan fingerprint density at radius 3 is 2.34 bits per heavy atom. The van der Waals surface area contributed by atoms with Gasteiger partial charge in [0, 0.05) is 40.6 Å². The zero-order valence-electron chi connectivity index (χ0n) is 17.9. The number of aromatic nitrogens is 1. The van der Waals surface area contributed by atoms with Crippen LogP contribution in [0.4, 0.5) is 0 Å². The minimum Gasteiger partial charge on any atom is -0.273 e. The van der Waals surface area contributed by atoms with Gasteiger partial charge in [-0.25, -0.2) is 5.01 Å². The maximum absolute atomic E-state index is 12.5. The van der Waals surface area contributed by atoms with Gasteiger partial charge in [-0.3, -0.25) is 9.78 Å². The molecule has 1 aliphatic rings. The first-order valence-corrected chi connectivity index (χ1v) is 11.0. The molecular weight excluding hydrogens is 418 g/mol. The zero-order valence-corrected chi connectivity index (χ0v) is 18.7. The molecule has 0 fully saturated rings. The lowest BCUT2D eigenvalue weighted by atomic mass is 9.89. The van der Waals surface area contributed by atoms with Crippen molar-refractivity contribution >= 4 is 34.1 Å². The van der Waals surface area contributed by atoms with Gasteiger partial charge in [-0.1, -0.05) is 72.3 Å². The summed E-state index contributed by atoms with van der Waals surface area (Å²) in [5, 5.41) is 8.05. The molecule has 4 nitrogen and oxygen atoms in total. The smallest absolute Gasteiger partial charge is 0.240 e. The monoisotopic (exact) mass is 439 g/mol. The van der Waals surface area contributed by atoms with Crippen molar-refractivity contribution in [2.45, 2.75) is 26.3 Å². The lowest BCUT2D eigenvalue weighted by Crippen LogP contribution is -2.24. The molecule has 0 spiro atoms. The van der Waals surface area contributed by atoms with Gasteiger partial charge < -0.3 is 0 Å². The highest BCUT2D eigenvalue weighted by Gasteiger charge is 2.33. The molecule has 1 aliphatic heterocycles. The third-order valence-electron chi connectivity index (χ3n) is 5.90. The van der Waals surface area contributed by atoms with Crippen molar-refractivity contribution in [1.29, 1.82) is 0 Å². The van der Waals surface area contributed by atoms with Gasteiger partial charge in [0.1, 0.15) is 0 Å². The SMILES string of the molecule is CC(=O)N1N=C(c2c(C)nc3ccc(Cl)cc3c2-c2ccccc2)C[C@@H]1c1ccccc1. The van der Waals surface area contributed by atoms with E-state index in [1.165, 1.54) is 0 Å². The van der Waals surface area contributed by atoms with Gasteiger partial charge in [0.2, 0.25) is 5.91 Å². The van der Waals surface area contributed by atoms with E-state index in [-0.39, 0.29) is 11.9 Å². The van der Waals surface area contributed by atoms with Crippen LogP contribution in [0.15, 0.2) is 84.0 Å². The summed E-state index contributed by atoms with van der Waals surface area (Å²) in [6.07, 6.45) is 0.623. The van der Waals surface area contributed by atoms with E-state index >= 15 is 0 Å². The van der Waals surface area contributed by atoms with E-state index in [2.05, 4.69) is 12.1 Å². The van der Waals surface area contributed by atoms with Gasteiger partial charge in [0.15, 0.2) is 0 Å². The Labute approximate surface area is 192 Å². The Morgan fingerprint density at radius 2 is 1.66 bits per heavy atom. The van der Waals surface area contributed by atoms with Crippen molar-refractivity contribution in [1.82, 2.24) is 9.99 Å². The van der Waals surface area contributed by atoms with Gasteiger partial charge in [-0.2, -0.15) is 5.10 Å². The van der Waals surface area contributed by atoms with Crippen LogP contribution >= 0.6 is 11.6 Å². The average molecular weight is 440 g/mol. The highest BCUT2D eigenvalue weighted by molar-refractivity contribution is 6.31. The summed E-state index contributed by atoms with van der Waals surface area (Å²) in [6, 6.07) is 25.9. The standard InChI is InChI=1S/C27H22ClN3O/c1-17-26(24-16-25(31(30-24)18(2)32)19-9-5-3-6-10-19)27(20-11-7-4-8-12-20)22-15-21(28)13-14-23(22)29-17/h3-15,25H,16H2,1-2H3/t25-/m1/s1. The normalized spacial score (nSPS) is 15.8. The Hall–Kier alpha value is -3.50. The van der Waals surface area contributed by atoms with Crippen molar-refractivity contribution in [3.8, 4) is 11.1 Å². The number of halogens is 1. The zero-order chi connectivity index (χ0) is 22.2. The first-order valence-electron chi connectivity index (χ1n) is 10.6. The lowest BCUT2D eigenvalue weighted by molar-refractivity contribution is -0.130. The second-order valence-corrected chi connectivity index (χ2v) is 8.45. The second kappa shape index (κ2) is 8.21. The summed E-state index contributed by atoms with van der Waals surface area (Å²) in [6.45, 7) is 3.57. The van der Waals surface area contributed by atoms with Crippen LogP contribution in [0, 0.1) is 6.92 Å². The first-order chi connectivity index (χ1) is 15.5. The fourth-order valence-corrected chi connectivity index (χ4v) is 4.67. The molecule has 158 valence electrons. The van der Waals surface area contributed by atoms with Gasteiger partial charge in [-0.05, 0) is 36.2 Å². The van der Waals surface area contributed by atoms with Crippen molar-refractivity contribution in [3.05, 3.63) is 101 Å². The molecule has 0 aliphatic carbocycles. The lowest BCUT2D eigenvalue weighted by Gasteiger charge is -2.20. The van der Waals surface area contributed by atoms with E-state index in [9.17, 15) is 4.79 Å². The Balaban J connectivity index is 1.75. The number of hydrogen-bond donors (Lipinski definition) is 0. The number of benzene rings is 3. The van der Waals surface area contributed by atoms with E-state index in [0.717, 1.165) is 44.6 Å². The van der Waals surface area contributed by atoms with Crippen molar-refractivity contribution in [3.63, 3.8) is 0 Å². The van der Waals surface area contributed by atoms with Gasteiger partial charge in [-0.15, -0.1) is 0 Å². The molecule has 0 bridgehead atoms. The van der Waals surface area contributed by atoms with E-state index in [0.29, 0.717) is 11.4 Å². The van der Waals surface area contributed by atoms with Gasteiger partial charge >= 0.3 is 0 Å². The summed E-state index contributed by atoms with van der Waals surface area (Å²) in [5.41, 5.74) is 6.78. The Kier molecular flexibility index (Phi) is 5.24. The Morgan fingerprint density at radius 1 is 0.969 bits per heavy atom. The molecule has 0 saturated heterocycles. The maximum atomic E-state index is 12.5. The third kappa shape index (κ3) is 3.57. The van der Waals surface area contributed by atoms with Gasteiger partial charge in [0.25, 0.3) is 0 Å². The third-order valence-corrected chi connectivity index (χ3v) is 6.13. The highest BCUT2D eigenvalue weighted by Crippen LogP contribution is 2.39. The predicted molar refractivity (Wildman–Crippen MR) is 130 cm³/mol. The molecule has 1 aromatic heterocycles. The molecule has 1 amide bonds. The minimum atomic E-state index is -0.137. The first kappa shape index (κ1) is 20.4. The number of hydrogen-bond acceptors (Lipinski definition) is 3. The summed E-state index contributed by atoms with van der Waals surface area (Å²) in [5.74, 6) is -0.0791. The molecule has 0 unspecified atom stereocenters. The fourth-order valence-electron chi connectivity index (χ4n) is 4.50. The van der Waals surface area contributed by atoms with Crippen molar-refractivity contribution in [2.24, 2.45) is 5.10 Å². The molecule has 32 heavy (non-hydrogen) atoms. The van der Waals surface area contributed by atoms with Crippen LogP contribution < -0.4 is 0 Å². The molecule has 1 atom stereocenters. The van der Waals surface area contributed by atoms with Crippen LogP contribution in [0.25, 0.3) is 22.0 Å². The van der Waals surface area contributed by atoms with E-state index in [1.807, 2.05) is 73.7 Å². The van der Waals surface area contributed by atoms with Crippen molar-refractivity contribution < 1.29 is 4.79 Å². The molecule has 3 aromatic carbocycles. The minimum absolute atomic E-state index is 0.0791. The topological polar surface area (TPSA) is 45.6 Å². The number of carbonyl (C=O) groups is 1. The average Bonchev–Trinajstić information content (AvgIpc) is 3.25. The summed E-state index contributed by atoms with van der Waals surface area (Å²) in [4.78, 5) is 17.4. The number of pyridine rings is 1. The van der Waals surface area contributed by atoms with Crippen LogP contribution in [0.2, 0.25) is 5.02 Å². The highest BCUT2D eigenvalue weighted by atomic mass is 35.5. The number of fused-ring (bicyclic) bond motifs is 1. The molecule has 5 rings (SSSR count). The number of nitrogens with zero attached hydrogens (tertiary/aromatic N) is 3. The predicted octanol–water partition coefficient (Wildman–Crippen LogP) is 6.56. The van der Waals surface area contributed by atoms with Crippen LogP contribution in [0.3, 0.4) is 0 Å². The number of aryl methyl sites for hydroxylation is 1. The molecule has 2 heterocycles. The van der Waals surface area contributed by atoms with E-state index in [1.54, 1.807) is 11.9 Å². The van der Waals surface area contributed by atoms with Crippen molar-refractivity contribution in [2.75, 3.05) is 0 Å². The number of carbonyl (C=O) groups excluding carboxylic acids is 1. The fraction of sp³-hybridized carbons (Fsp3) is 0.148. The number of amides is 1. The van der Waals surface area contributed by atoms with Gasteiger partial charge in [0.05, 0.1) is 17.3 Å². The van der Waals surface area contributed by atoms with E-state index < -0.39 is 0 Å². The molecular formula is C27H22ClN3O. The second-order valence-electron chi connectivity index (χ2n) is 8.02.